The summed E-state index contributed by atoms with van der Waals surface area (Å²) >= 11 is 0. The molecule has 2 rings (SSSR count). The van der Waals surface area contributed by atoms with Gasteiger partial charge in [0.25, 0.3) is 0 Å². The van der Waals surface area contributed by atoms with Crippen LogP contribution in [0.15, 0.2) is 0 Å². The van der Waals surface area contributed by atoms with E-state index in [2.05, 4.69) is 5.32 Å². The lowest BCUT2D eigenvalue weighted by molar-refractivity contribution is -0.150. The summed E-state index contributed by atoms with van der Waals surface area (Å²) in [6.07, 6.45) is -2.08. The Morgan fingerprint density at radius 2 is 1.87 bits per heavy atom. The van der Waals surface area contributed by atoms with Gasteiger partial charge in [-0.15, -0.1) is 12.4 Å². The van der Waals surface area contributed by atoms with Crippen LogP contribution in [0.2, 0.25) is 0 Å². The minimum absolute atomic E-state index is 0. The fraction of sp³-hybridized carbons (Fsp3) is 0.929. The van der Waals surface area contributed by atoms with Gasteiger partial charge in [0.15, 0.2) is 0 Å². The molecule has 2 heterocycles. The summed E-state index contributed by atoms with van der Waals surface area (Å²) in [5, 5.41) is 3.28. The number of rotatable bonds is 4. The second-order valence-corrected chi connectivity index (χ2v) is 6.24. The van der Waals surface area contributed by atoms with Crippen LogP contribution in [0.5, 0.6) is 0 Å². The Bertz CT molecular complexity index is 392. The van der Waals surface area contributed by atoms with Crippen LogP contribution in [-0.2, 0) is 4.79 Å². The van der Waals surface area contributed by atoms with Crippen LogP contribution in [0.4, 0.5) is 17.6 Å². The van der Waals surface area contributed by atoms with Crippen molar-refractivity contribution in [2.24, 2.45) is 5.92 Å². The molecule has 2 atom stereocenters. The minimum Gasteiger partial charge on any atom is -0.340 e. The lowest BCUT2D eigenvalue weighted by atomic mass is 9.92. The summed E-state index contributed by atoms with van der Waals surface area (Å²) in [5.74, 6) is -3.95. The van der Waals surface area contributed by atoms with Crippen LogP contribution >= 0.6 is 12.4 Å². The highest BCUT2D eigenvalue weighted by Gasteiger charge is 2.43. The fourth-order valence-electron chi connectivity index (χ4n) is 3.11. The number of nitrogens with one attached hydrogen (secondary N) is 1. The minimum atomic E-state index is -3.99. The van der Waals surface area contributed by atoms with Crippen LogP contribution in [0, 0.1) is 5.92 Å². The first kappa shape index (κ1) is 20.4. The zero-order chi connectivity index (χ0) is 16.3. The van der Waals surface area contributed by atoms with Crippen molar-refractivity contribution in [3.8, 4) is 0 Å². The summed E-state index contributed by atoms with van der Waals surface area (Å²) in [5.41, 5.74) is 0. The highest BCUT2D eigenvalue weighted by molar-refractivity contribution is 5.85. The van der Waals surface area contributed by atoms with Crippen molar-refractivity contribution in [1.82, 2.24) is 15.1 Å². The Morgan fingerprint density at radius 1 is 1.26 bits per heavy atom. The number of hydrogen-bond acceptors (Lipinski definition) is 3. The molecule has 0 radical (unpaired) electrons. The number of halogens is 5. The molecule has 2 aliphatic heterocycles. The van der Waals surface area contributed by atoms with Gasteiger partial charge >= 0.3 is 12.3 Å². The van der Waals surface area contributed by atoms with E-state index in [9.17, 15) is 22.4 Å². The second kappa shape index (κ2) is 8.48. The van der Waals surface area contributed by atoms with Crippen LogP contribution < -0.4 is 5.32 Å². The van der Waals surface area contributed by atoms with Crippen molar-refractivity contribution in [3.05, 3.63) is 0 Å². The third-order valence-electron chi connectivity index (χ3n) is 4.41. The van der Waals surface area contributed by atoms with Gasteiger partial charge in [0, 0.05) is 38.1 Å². The summed E-state index contributed by atoms with van der Waals surface area (Å²) in [6.45, 7) is 2.98. The monoisotopic (exact) mass is 361 g/mol. The van der Waals surface area contributed by atoms with E-state index in [-0.39, 0.29) is 37.3 Å². The molecule has 0 aromatic carbocycles. The maximum Gasteiger partial charge on any atom is 0.319 e. The van der Waals surface area contributed by atoms with Crippen molar-refractivity contribution in [3.63, 3.8) is 0 Å². The summed E-state index contributed by atoms with van der Waals surface area (Å²) in [4.78, 5) is 15.4. The number of piperidine rings is 1. The van der Waals surface area contributed by atoms with Crippen molar-refractivity contribution >= 4 is 18.3 Å². The van der Waals surface area contributed by atoms with Crippen LogP contribution in [0.25, 0.3) is 0 Å². The lowest BCUT2D eigenvalue weighted by Crippen LogP contribution is -2.54. The van der Waals surface area contributed by atoms with E-state index in [1.807, 2.05) is 6.92 Å². The Balaban J connectivity index is 0.00000264. The quantitative estimate of drug-likeness (QED) is 0.776. The average Bonchev–Trinajstić information content (AvgIpc) is 2.47. The van der Waals surface area contributed by atoms with Crippen LogP contribution in [0.1, 0.15) is 19.8 Å². The lowest BCUT2D eigenvalue weighted by Gasteiger charge is -2.38. The van der Waals surface area contributed by atoms with Gasteiger partial charge in [0.2, 0.25) is 5.91 Å². The third-order valence-corrected chi connectivity index (χ3v) is 4.41. The Hall–Kier alpha value is -0.600. The molecule has 1 N–H and O–H groups in total. The molecule has 4 nitrogen and oxygen atoms in total. The molecule has 2 saturated heterocycles. The predicted molar refractivity (Wildman–Crippen MR) is 81.4 cm³/mol. The largest absolute Gasteiger partial charge is 0.340 e. The Labute approximate surface area is 140 Å². The van der Waals surface area contributed by atoms with Gasteiger partial charge in [-0.3, -0.25) is 9.69 Å². The number of nitrogens with zero attached hydrogens (tertiary/aromatic N) is 2. The summed E-state index contributed by atoms with van der Waals surface area (Å²) in [7, 11) is 0. The normalized spacial score (nSPS) is 27.0. The van der Waals surface area contributed by atoms with Gasteiger partial charge in [-0.25, -0.2) is 8.78 Å². The van der Waals surface area contributed by atoms with Crippen molar-refractivity contribution in [2.45, 2.75) is 38.2 Å². The number of carbonyl (C=O) groups excluding carboxylic acids is 1. The molecule has 0 aromatic rings. The van der Waals surface area contributed by atoms with Crippen molar-refractivity contribution in [2.75, 3.05) is 39.3 Å². The van der Waals surface area contributed by atoms with Gasteiger partial charge in [-0.1, -0.05) is 0 Å². The average molecular weight is 362 g/mol. The molecule has 9 heteroatoms. The second-order valence-electron chi connectivity index (χ2n) is 6.24. The SMILES string of the molecule is C[C@H]1C[C@@H](C(=O)N2CCN(CC(F)(F)C(F)F)CC2)CCN1.Cl. The number of piperazine rings is 1. The van der Waals surface area contributed by atoms with E-state index >= 15 is 0 Å². The van der Waals surface area contributed by atoms with Crippen molar-refractivity contribution in [1.29, 1.82) is 0 Å². The van der Waals surface area contributed by atoms with E-state index in [1.165, 1.54) is 4.90 Å². The maximum absolute atomic E-state index is 13.0. The predicted octanol–water partition coefficient (Wildman–Crippen LogP) is 1.84. The van der Waals surface area contributed by atoms with E-state index in [1.54, 1.807) is 4.90 Å². The topological polar surface area (TPSA) is 35.6 Å². The maximum atomic E-state index is 13.0. The zero-order valence-corrected chi connectivity index (χ0v) is 13.9. The Kier molecular flexibility index (Phi) is 7.54. The number of alkyl halides is 4. The standard InChI is InChI=1S/C14H23F4N3O.ClH/c1-10-8-11(2-3-19-10)12(22)21-6-4-20(5-7-21)9-14(17,18)13(15)16;/h10-11,13,19H,2-9H2,1H3;1H/t10-,11-;/m0./s1. The van der Waals surface area contributed by atoms with Crippen LogP contribution in [-0.4, -0.2) is 73.4 Å². The molecule has 2 aliphatic rings. The number of carbonyl (C=O) groups is 1. The first-order valence-corrected chi connectivity index (χ1v) is 7.70. The molecular weight excluding hydrogens is 338 g/mol. The Morgan fingerprint density at radius 3 is 2.39 bits per heavy atom. The molecule has 0 bridgehead atoms. The molecule has 0 aliphatic carbocycles. The third kappa shape index (κ3) is 5.46. The zero-order valence-electron chi connectivity index (χ0n) is 13.1. The van der Waals surface area contributed by atoms with E-state index in [0.717, 1.165) is 19.4 Å². The van der Waals surface area contributed by atoms with Gasteiger partial charge in [0.05, 0.1) is 6.54 Å². The molecule has 1 amide bonds. The highest BCUT2D eigenvalue weighted by Crippen LogP contribution is 2.25. The van der Waals surface area contributed by atoms with E-state index in [0.29, 0.717) is 19.1 Å². The van der Waals surface area contributed by atoms with E-state index < -0.39 is 18.9 Å². The van der Waals surface area contributed by atoms with Crippen LogP contribution in [0.3, 0.4) is 0 Å². The molecule has 0 saturated carbocycles. The first-order valence-electron chi connectivity index (χ1n) is 7.70. The first-order chi connectivity index (χ1) is 10.3. The van der Waals surface area contributed by atoms with Gasteiger partial charge < -0.3 is 10.2 Å². The molecule has 0 unspecified atom stereocenters. The molecule has 23 heavy (non-hydrogen) atoms. The summed E-state index contributed by atoms with van der Waals surface area (Å²) < 4.78 is 50.5. The van der Waals surface area contributed by atoms with Gasteiger partial charge in [-0.2, -0.15) is 8.78 Å². The van der Waals surface area contributed by atoms with Gasteiger partial charge in [0.1, 0.15) is 0 Å². The van der Waals surface area contributed by atoms with E-state index in [4.69, 9.17) is 0 Å². The number of amides is 1. The van der Waals surface area contributed by atoms with Crippen molar-refractivity contribution < 1.29 is 22.4 Å². The molecule has 2 fully saturated rings. The molecule has 0 aromatic heterocycles. The summed E-state index contributed by atoms with van der Waals surface area (Å²) in [6, 6.07) is 0.300. The highest BCUT2D eigenvalue weighted by atomic mass is 35.5. The molecular formula is C14H24ClF4N3O. The smallest absolute Gasteiger partial charge is 0.319 e. The molecule has 136 valence electrons. The number of hydrogen-bond donors (Lipinski definition) is 1. The molecule has 0 spiro atoms. The fourth-order valence-corrected chi connectivity index (χ4v) is 3.11. The van der Waals surface area contributed by atoms with Gasteiger partial charge in [-0.05, 0) is 26.3 Å².